The minimum atomic E-state index is -0.0529. The summed E-state index contributed by atoms with van der Waals surface area (Å²) in [5.41, 5.74) is 7.37. The summed E-state index contributed by atoms with van der Waals surface area (Å²) in [6, 6.07) is 7.96. The number of halogens is 1. The van der Waals surface area contributed by atoms with Crippen molar-refractivity contribution in [2.45, 2.75) is 25.4 Å². The maximum Gasteiger partial charge on any atom is 0.241 e. The summed E-state index contributed by atoms with van der Waals surface area (Å²) < 4.78 is 0. The van der Waals surface area contributed by atoms with Crippen LogP contribution in [0.4, 0.5) is 0 Å². The fourth-order valence-electron chi connectivity index (χ4n) is 3.09. The molecule has 0 aromatic heterocycles. The van der Waals surface area contributed by atoms with Gasteiger partial charge in [0.1, 0.15) is 6.04 Å². The van der Waals surface area contributed by atoms with Crippen molar-refractivity contribution in [3.05, 3.63) is 34.9 Å². The zero-order chi connectivity index (χ0) is 15.4. The van der Waals surface area contributed by atoms with Crippen LogP contribution < -0.4 is 10.9 Å². The Hall–Kier alpha value is -1.14. The molecular weight excluding hydrogens is 300 g/mol. The van der Waals surface area contributed by atoms with Crippen molar-refractivity contribution < 1.29 is 4.79 Å². The van der Waals surface area contributed by atoms with Gasteiger partial charge in [0, 0.05) is 44.3 Å². The van der Waals surface area contributed by atoms with Crippen molar-refractivity contribution in [2.24, 2.45) is 0 Å². The van der Waals surface area contributed by atoms with E-state index in [0.717, 1.165) is 57.1 Å². The van der Waals surface area contributed by atoms with Crippen LogP contribution in [0.3, 0.4) is 0 Å². The third-order valence-corrected chi connectivity index (χ3v) is 4.60. The molecule has 5 nitrogen and oxygen atoms in total. The molecule has 3 rings (SSSR count). The van der Waals surface area contributed by atoms with Gasteiger partial charge in [-0.3, -0.25) is 15.1 Å². The molecule has 2 aliphatic rings. The largest absolute Gasteiger partial charge is 0.340 e. The van der Waals surface area contributed by atoms with E-state index >= 15 is 0 Å². The Morgan fingerprint density at radius 1 is 1.18 bits per heavy atom. The number of hydrogen-bond acceptors (Lipinski definition) is 4. The molecule has 1 amide bonds. The summed E-state index contributed by atoms with van der Waals surface area (Å²) >= 11 is 5.93. The van der Waals surface area contributed by atoms with Gasteiger partial charge in [-0.25, -0.2) is 5.43 Å². The van der Waals surface area contributed by atoms with Crippen molar-refractivity contribution in [1.82, 2.24) is 20.7 Å². The van der Waals surface area contributed by atoms with E-state index in [9.17, 15) is 4.79 Å². The number of carbonyl (C=O) groups excluding carboxylic acids is 1. The highest BCUT2D eigenvalue weighted by molar-refractivity contribution is 6.30. The van der Waals surface area contributed by atoms with E-state index in [1.165, 1.54) is 5.56 Å². The van der Waals surface area contributed by atoms with Crippen molar-refractivity contribution in [1.29, 1.82) is 0 Å². The smallest absolute Gasteiger partial charge is 0.241 e. The van der Waals surface area contributed by atoms with Gasteiger partial charge in [-0.15, -0.1) is 0 Å². The zero-order valence-electron chi connectivity index (χ0n) is 12.7. The molecule has 1 aromatic rings. The average Bonchev–Trinajstić information content (AvgIpc) is 2.96. The lowest BCUT2D eigenvalue weighted by Gasteiger charge is -2.24. The molecule has 2 saturated heterocycles. The van der Waals surface area contributed by atoms with Crippen LogP contribution in [0, 0.1) is 0 Å². The van der Waals surface area contributed by atoms with Crippen molar-refractivity contribution >= 4 is 17.5 Å². The van der Waals surface area contributed by atoms with E-state index in [4.69, 9.17) is 11.6 Å². The van der Waals surface area contributed by atoms with Gasteiger partial charge in [0.2, 0.25) is 5.91 Å². The Bertz CT molecular complexity index is 501. The Labute approximate surface area is 136 Å². The number of nitrogens with zero attached hydrogens (tertiary/aromatic N) is 2. The Balaban J connectivity index is 1.53. The van der Waals surface area contributed by atoms with Crippen LogP contribution >= 0.6 is 11.6 Å². The van der Waals surface area contributed by atoms with Crippen LogP contribution in [0.2, 0.25) is 5.02 Å². The van der Waals surface area contributed by atoms with Crippen LogP contribution in [0.1, 0.15) is 18.4 Å². The highest BCUT2D eigenvalue weighted by Gasteiger charge is 2.28. The van der Waals surface area contributed by atoms with Crippen LogP contribution in [0.15, 0.2) is 24.3 Å². The zero-order valence-corrected chi connectivity index (χ0v) is 13.5. The van der Waals surface area contributed by atoms with E-state index in [2.05, 4.69) is 27.9 Å². The molecule has 22 heavy (non-hydrogen) atoms. The standard InChI is InChI=1S/C16H23ClN4O/c17-14-4-2-13(3-5-14)12-20-8-1-9-21(11-10-20)16(22)15-6-7-18-19-15/h2-5,15,18-19H,1,6-12H2. The molecule has 2 N–H and O–H groups in total. The van der Waals surface area contributed by atoms with E-state index in [0.29, 0.717) is 0 Å². The number of amides is 1. The predicted octanol–water partition coefficient (Wildman–Crippen LogP) is 1.24. The van der Waals surface area contributed by atoms with Crippen molar-refractivity contribution in [2.75, 3.05) is 32.7 Å². The van der Waals surface area contributed by atoms with Gasteiger partial charge in [-0.05, 0) is 30.5 Å². The van der Waals surface area contributed by atoms with Crippen LogP contribution in [0.25, 0.3) is 0 Å². The lowest BCUT2D eigenvalue weighted by molar-refractivity contribution is -0.133. The maximum absolute atomic E-state index is 12.4. The minimum Gasteiger partial charge on any atom is -0.340 e. The topological polar surface area (TPSA) is 47.6 Å². The predicted molar refractivity (Wildman–Crippen MR) is 87.5 cm³/mol. The summed E-state index contributed by atoms with van der Waals surface area (Å²) in [6.07, 6.45) is 1.91. The van der Waals surface area contributed by atoms with E-state index in [-0.39, 0.29) is 11.9 Å². The van der Waals surface area contributed by atoms with Crippen molar-refractivity contribution in [3.8, 4) is 0 Å². The van der Waals surface area contributed by atoms with Gasteiger partial charge < -0.3 is 4.90 Å². The van der Waals surface area contributed by atoms with Gasteiger partial charge in [0.25, 0.3) is 0 Å². The number of hydrogen-bond donors (Lipinski definition) is 2. The molecule has 2 aliphatic heterocycles. The molecule has 120 valence electrons. The van der Waals surface area contributed by atoms with Gasteiger partial charge in [0.15, 0.2) is 0 Å². The third kappa shape index (κ3) is 3.98. The van der Waals surface area contributed by atoms with Crippen molar-refractivity contribution in [3.63, 3.8) is 0 Å². The number of rotatable bonds is 3. The van der Waals surface area contributed by atoms with E-state index in [1.54, 1.807) is 0 Å². The molecular formula is C16H23ClN4O. The first-order valence-electron chi connectivity index (χ1n) is 7.96. The molecule has 0 aliphatic carbocycles. The molecule has 2 heterocycles. The Kier molecular flexibility index (Phi) is 5.31. The van der Waals surface area contributed by atoms with Crippen LogP contribution in [-0.4, -0.2) is 54.5 Å². The highest BCUT2D eigenvalue weighted by Crippen LogP contribution is 2.14. The quantitative estimate of drug-likeness (QED) is 0.879. The molecule has 6 heteroatoms. The average molecular weight is 323 g/mol. The number of nitrogens with one attached hydrogen (secondary N) is 2. The van der Waals surface area contributed by atoms with E-state index in [1.807, 2.05) is 17.0 Å². The van der Waals surface area contributed by atoms with E-state index < -0.39 is 0 Å². The van der Waals surface area contributed by atoms with Crippen LogP contribution in [-0.2, 0) is 11.3 Å². The minimum absolute atomic E-state index is 0.0529. The SMILES string of the molecule is O=C(C1CCNN1)N1CCCN(Cc2ccc(Cl)cc2)CC1. The van der Waals surface area contributed by atoms with Gasteiger partial charge >= 0.3 is 0 Å². The second-order valence-electron chi connectivity index (χ2n) is 5.99. The monoisotopic (exact) mass is 322 g/mol. The number of hydrazine groups is 1. The van der Waals surface area contributed by atoms with Gasteiger partial charge in [-0.2, -0.15) is 0 Å². The molecule has 0 saturated carbocycles. The fourth-order valence-corrected chi connectivity index (χ4v) is 3.21. The number of benzene rings is 1. The first-order valence-corrected chi connectivity index (χ1v) is 8.34. The summed E-state index contributed by atoms with van der Waals surface area (Å²) in [5.74, 6) is 0.235. The third-order valence-electron chi connectivity index (χ3n) is 4.35. The molecule has 1 aromatic carbocycles. The van der Waals surface area contributed by atoms with Crippen LogP contribution in [0.5, 0.6) is 0 Å². The first-order chi connectivity index (χ1) is 10.7. The maximum atomic E-state index is 12.4. The second kappa shape index (κ2) is 7.42. The molecule has 1 atom stereocenters. The first kappa shape index (κ1) is 15.7. The second-order valence-corrected chi connectivity index (χ2v) is 6.43. The summed E-state index contributed by atoms with van der Waals surface area (Å²) in [5, 5.41) is 0.772. The molecule has 0 bridgehead atoms. The highest BCUT2D eigenvalue weighted by atomic mass is 35.5. The molecule has 1 unspecified atom stereocenters. The molecule has 2 fully saturated rings. The van der Waals surface area contributed by atoms with Gasteiger partial charge in [-0.1, -0.05) is 23.7 Å². The lowest BCUT2D eigenvalue weighted by Crippen LogP contribution is -2.46. The summed E-state index contributed by atoms with van der Waals surface area (Å²) in [7, 11) is 0. The Morgan fingerprint density at radius 3 is 2.73 bits per heavy atom. The summed E-state index contributed by atoms with van der Waals surface area (Å²) in [6.45, 7) is 5.41. The molecule has 0 radical (unpaired) electrons. The summed E-state index contributed by atoms with van der Waals surface area (Å²) in [4.78, 5) is 16.9. The molecule has 0 spiro atoms. The fraction of sp³-hybridized carbons (Fsp3) is 0.562. The Morgan fingerprint density at radius 2 is 2.00 bits per heavy atom. The lowest BCUT2D eigenvalue weighted by atomic mass is 10.2. The number of carbonyl (C=O) groups is 1. The van der Waals surface area contributed by atoms with Gasteiger partial charge in [0.05, 0.1) is 0 Å². The normalized spacial score (nSPS) is 23.5.